The Morgan fingerprint density at radius 2 is 2.15 bits per heavy atom. The van der Waals surface area contributed by atoms with E-state index in [9.17, 15) is 13.2 Å². The van der Waals surface area contributed by atoms with Gasteiger partial charge in [0.1, 0.15) is 0 Å². The quantitative estimate of drug-likeness (QED) is 0.699. The Morgan fingerprint density at radius 1 is 1.35 bits per heavy atom. The van der Waals surface area contributed by atoms with Gasteiger partial charge in [-0.2, -0.15) is 0 Å². The van der Waals surface area contributed by atoms with Crippen LogP contribution in [0.1, 0.15) is 11.5 Å². The van der Waals surface area contributed by atoms with Crippen molar-refractivity contribution in [2.75, 3.05) is 7.05 Å². The Bertz CT molecular complexity index is 644. The Hall–Kier alpha value is -1.29. The van der Waals surface area contributed by atoms with E-state index in [1.807, 2.05) is 7.05 Å². The van der Waals surface area contributed by atoms with E-state index in [1.54, 1.807) is 18.2 Å². The summed E-state index contributed by atoms with van der Waals surface area (Å²) in [7, 11) is 1.96. The molecular weight excluding hydrogens is 382 g/mol. The number of benzene rings is 1. The second-order valence-corrected chi connectivity index (χ2v) is 7.58. The molecule has 1 aliphatic rings. The van der Waals surface area contributed by atoms with Gasteiger partial charge in [0.05, 0.1) is 0 Å². The maximum absolute atomic E-state index is 12.4. The van der Waals surface area contributed by atoms with E-state index in [0.29, 0.717) is 5.56 Å². The van der Waals surface area contributed by atoms with Crippen LogP contribution in [0, 0.1) is 0 Å². The summed E-state index contributed by atoms with van der Waals surface area (Å²) in [4.78, 5) is 3.37. The average Bonchev–Trinajstić information content (AvgIpc) is 2.87. The summed E-state index contributed by atoms with van der Waals surface area (Å²) < 4.78 is 49.2. The molecule has 0 unspecified atom stereocenters. The van der Waals surface area contributed by atoms with Gasteiger partial charge in [0.2, 0.25) is 0 Å². The maximum atomic E-state index is 12.4. The molecule has 0 saturated heterocycles. The van der Waals surface area contributed by atoms with Gasteiger partial charge in [-0.25, -0.2) is 0 Å². The first-order chi connectivity index (χ1) is 9.43. The normalized spacial score (nSPS) is 15.8. The van der Waals surface area contributed by atoms with Crippen molar-refractivity contribution in [1.82, 2.24) is 13.3 Å². The van der Waals surface area contributed by atoms with Gasteiger partial charge in [-0.15, -0.1) is 0 Å². The first-order valence-corrected chi connectivity index (χ1v) is 8.05. The minimum absolute atomic E-state index is 0.0756. The molecule has 0 fully saturated rings. The Labute approximate surface area is 122 Å². The van der Waals surface area contributed by atoms with E-state index in [2.05, 4.69) is 17.8 Å². The van der Waals surface area contributed by atoms with E-state index in [-0.39, 0.29) is 5.82 Å². The van der Waals surface area contributed by atoms with Crippen molar-refractivity contribution in [2.24, 2.45) is 0 Å². The van der Waals surface area contributed by atoms with E-state index in [1.165, 1.54) is 0 Å². The fraction of sp³-hybridized carbons (Fsp3) is 0.273. The topological polar surface area (TPSA) is 51.4 Å². The molecule has 0 atom stereocenters. The van der Waals surface area contributed by atoms with Crippen molar-refractivity contribution in [2.45, 2.75) is 12.7 Å². The number of nitrogens with zero attached hydrogens (tertiary/aromatic N) is 3. The zero-order valence-electron chi connectivity index (χ0n) is 10.2. The first-order valence-electron chi connectivity index (χ1n) is 5.61. The van der Waals surface area contributed by atoms with Gasteiger partial charge in [-0.05, 0) is 0 Å². The van der Waals surface area contributed by atoms with E-state index >= 15 is 0 Å². The van der Waals surface area contributed by atoms with E-state index < -0.39 is 33.9 Å². The molecule has 2 aromatic rings. The molecule has 1 aromatic carbocycles. The number of halogens is 3. The molecule has 2 radical (unpaired) electrons. The SMILES string of the molecule is C[N]1Cc2cc(-c3noc(C(F)(F)F)n3)ccc2[O][Sn]1. The summed E-state index contributed by atoms with van der Waals surface area (Å²) in [5.74, 6) is -0.626. The van der Waals surface area contributed by atoms with Gasteiger partial charge in [-0.3, -0.25) is 0 Å². The van der Waals surface area contributed by atoms with Crippen LogP contribution in [0.15, 0.2) is 22.7 Å². The molecule has 3 rings (SSSR count). The summed E-state index contributed by atoms with van der Waals surface area (Å²) in [5, 5.41) is 3.37. The number of alkyl halides is 3. The predicted molar refractivity (Wildman–Crippen MR) is 62.6 cm³/mol. The predicted octanol–water partition coefficient (Wildman–Crippen LogP) is 2.11. The number of hydrogen-bond acceptors (Lipinski definition) is 5. The zero-order valence-corrected chi connectivity index (χ0v) is 13.1. The molecular formula is C11H8F3N3O2Sn. The van der Waals surface area contributed by atoms with Crippen LogP contribution in [-0.2, 0) is 12.7 Å². The molecule has 20 heavy (non-hydrogen) atoms. The van der Waals surface area contributed by atoms with Crippen molar-refractivity contribution in [3.63, 3.8) is 0 Å². The van der Waals surface area contributed by atoms with Gasteiger partial charge >= 0.3 is 122 Å². The average molecular weight is 390 g/mol. The molecule has 0 N–H and O–H groups in total. The van der Waals surface area contributed by atoms with Crippen molar-refractivity contribution in [3.05, 3.63) is 29.7 Å². The monoisotopic (exact) mass is 391 g/mol. The minimum atomic E-state index is -4.63. The van der Waals surface area contributed by atoms with Crippen LogP contribution in [0.5, 0.6) is 5.75 Å². The summed E-state index contributed by atoms with van der Waals surface area (Å²) >= 11 is -1.00. The van der Waals surface area contributed by atoms with Crippen LogP contribution in [0.4, 0.5) is 13.2 Å². The molecule has 1 aromatic heterocycles. The molecule has 1 aliphatic heterocycles. The van der Waals surface area contributed by atoms with Crippen molar-refractivity contribution < 1.29 is 20.8 Å². The molecule has 0 saturated carbocycles. The third-order valence-corrected chi connectivity index (χ3v) is 4.94. The van der Waals surface area contributed by atoms with Gasteiger partial charge in [0, 0.05) is 0 Å². The molecule has 0 aliphatic carbocycles. The molecule has 5 nitrogen and oxygen atoms in total. The number of aromatic nitrogens is 2. The number of rotatable bonds is 1. The van der Waals surface area contributed by atoms with E-state index in [0.717, 1.165) is 17.9 Å². The van der Waals surface area contributed by atoms with Crippen molar-refractivity contribution in [1.29, 1.82) is 0 Å². The van der Waals surface area contributed by atoms with Crippen LogP contribution >= 0.6 is 0 Å². The molecule has 104 valence electrons. The molecule has 0 spiro atoms. The summed E-state index contributed by atoms with van der Waals surface area (Å²) in [5.41, 5.74) is 1.39. The Kier molecular flexibility index (Phi) is 3.36. The van der Waals surface area contributed by atoms with Crippen molar-refractivity contribution in [3.8, 4) is 17.1 Å². The fourth-order valence-electron chi connectivity index (χ4n) is 1.81. The third-order valence-electron chi connectivity index (χ3n) is 2.71. The fourth-order valence-corrected chi connectivity index (χ4v) is 3.78. The number of hydrogen-bond donors (Lipinski definition) is 0. The van der Waals surface area contributed by atoms with Crippen LogP contribution in [-0.4, -0.2) is 42.1 Å². The van der Waals surface area contributed by atoms with Gasteiger partial charge in [0.25, 0.3) is 0 Å². The zero-order chi connectivity index (χ0) is 14.3. The van der Waals surface area contributed by atoms with E-state index in [4.69, 9.17) is 3.07 Å². The molecule has 0 amide bonds. The second kappa shape index (κ2) is 4.92. The van der Waals surface area contributed by atoms with Crippen LogP contribution in [0.25, 0.3) is 11.4 Å². The van der Waals surface area contributed by atoms with Crippen molar-refractivity contribution >= 4 is 21.8 Å². The summed E-state index contributed by atoms with van der Waals surface area (Å²) in [6, 6.07) is 5.10. The van der Waals surface area contributed by atoms with Crippen LogP contribution < -0.4 is 3.07 Å². The molecule has 2 heterocycles. The third kappa shape index (κ3) is 2.61. The van der Waals surface area contributed by atoms with Gasteiger partial charge in [-0.1, -0.05) is 0 Å². The Balaban J connectivity index is 1.95. The summed E-state index contributed by atoms with van der Waals surface area (Å²) in [6.45, 7) is 0.722. The number of fused-ring (bicyclic) bond motifs is 1. The summed E-state index contributed by atoms with van der Waals surface area (Å²) in [6.07, 6.45) is -4.63. The second-order valence-electron chi connectivity index (χ2n) is 4.29. The van der Waals surface area contributed by atoms with Crippen LogP contribution in [0.3, 0.4) is 0 Å². The first kappa shape index (κ1) is 13.7. The molecule has 0 bridgehead atoms. The molecule has 9 heteroatoms. The standard InChI is InChI=1S/C11H9F3N3O2.Sn/c1-15-5-7-4-6(2-3-8(7)18)9-16-10(19-17-9)11(12,13)14;/h2-4,18H,5H2,1H3;/q-1;+2/p-1. The Morgan fingerprint density at radius 3 is 2.85 bits per heavy atom. The van der Waals surface area contributed by atoms with Gasteiger partial charge < -0.3 is 0 Å². The van der Waals surface area contributed by atoms with Crippen LogP contribution in [0.2, 0.25) is 0 Å². The van der Waals surface area contributed by atoms with Gasteiger partial charge in [0.15, 0.2) is 0 Å².